The topological polar surface area (TPSA) is 67.5 Å². The molecule has 0 aliphatic rings. The molecular formula is C18H21N3O. The van der Waals surface area contributed by atoms with E-state index in [-0.39, 0.29) is 18.3 Å². The Balaban J connectivity index is 1.95. The Labute approximate surface area is 131 Å². The molecule has 0 aromatic heterocycles. The number of carbonyl (C=O) groups excluding carboxylic acids is 1. The summed E-state index contributed by atoms with van der Waals surface area (Å²) < 4.78 is 0. The summed E-state index contributed by atoms with van der Waals surface area (Å²) in [7, 11) is 0. The molecule has 4 nitrogen and oxygen atoms in total. The van der Waals surface area contributed by atoms with Crippen LogP contribution < -0.4 is 11.1 Å². The maximum atomic E-state index is 11.9. The number of carbonyl (C=O) groups is 1. The van der Waals surface area contributed by atoms with Crippen molar-refractivity contribution in [2.24, 2.45) is 10.7 Å². The maximum absolute atomic E-state index is 11.9. The Morgan fingerprint density at radius 1 is 1.09 bits per heavy atom. The summed E-state index contributed by atoms with van der Waals surface area (Å²) in [5.74, 6) is 0.408. The molecule has 0 unspecified atom stereocenters. The van der Waals surface area contributed by atoms with Gasteiger partial charge in [0.15, 0.2) is 0 Å². The van der Waals surface area contributed by atoms with Gasteiger partial charge in [-0.2, -0.15) is 0 Å². The largest absolute Gasteiger partial charge is 0.369 e. The van der Waals surface area contributed by atoms with Gasteiger partial charge in [-0.05, 0) is 29.2 Å². The van der Waals surface area contributed by atoms with Gasteiger partial charge in [0.2, 0.25) is 11.9 Å². The average molecular weight is 295 g/mol. The van der Waals surface area contributed by atoms with Gasteiger partial charge in [-0.15, -0.1) is 0 Å². The molecule has 3 N–H and O–H groups in total. The van der Waals surface area contributed by atoms with Crippen molar-refractivity contribution in [1.82, 2.24) is 5.32 Å². The van der Waals surface area contributed by atoms with E-state index in [0.29, 0.717) is 5.92 Å². The van der Waals surface area contributed by atoms with E-state index in [9.17, 15) is 4.79 Å². The molecule has 2 aromatic rings. The van der Waals surface area contributed by atoms with Crippen LogP contribution in [0.2, 0.25) is 0 Å². The molecule has 4 heteroatoms. The summed E-state index contributed by atoms with van der Waals surface area (Å²) in [6.07, 6.45) is 0.281. The summed E-state index contributed by atoms with van der Waals surface area (Å²) in [5.41, 5.74) is 8.68. The minimum atomic E-state index is -0.175. The highest BCUT2D eigenvalue weighted by atomic mass is 16.1. The molecule has 0 heterocycles. The summed E-state index contributed by atoms with van der Waals surface area (Å²) in [5, 5.41) is 2.60. The Bertz CT molecular complexity index is 646. The second-order valence-corrected chi connectivity index (χ2v) is 5.45. The van der Waals surface area contributed by atoms with Crippen molar-refractivity contribution in [2.75, 3.05) is 0 Å². The minimum absolute atomic E-state index is 0.109. The molecule has 0 fully saturated rings. The van der Waals surface area contributed by atoms with Crippen molar-refractivity contribution in [2.45, 2.75) is 26.2 Å². The van der Waals surface area contributed by atoms with Gasteiger partial charge in [-0.3, -0.25) is 10.1 Å². The van der Waals surface area contributed by atoms with Crippen LogP contribution in [0.1, 0.15) is 30.9 Å². The predicted octanol–water partition coefficient (Wildman–Crippen LogP) is 3.12. The van der Waals surface area contributed by atoms with Gasteiger partial charge in [-0.1, -0.05) is 56.3 Å². The zero-order valence-corrected chi connectivity index (χ0v) is 12.9. The molecule has 2 rings (SSSR count). The van der Waals surface area contributed by atoms with Crippen molar-refractivity contribution in [1.29, 1.82) is 0 Å². The van der Waals surface area contributed by atoms with E-state index in [1.165, 1.54) is 5.56 Å². The molecule has 2 aromatic carbocycles. The van der Waals surface area contributed by atoms with Gasteiger partial charge >= 0.3 is 0 Å². The fraction of sp³-hybridized carbons (Fsp3) is 0.222. The SMILES string of the molecule is CC(C)c1ccc(N=C(N)NC(=O)Cc2ccccc2)cc1. The minimum Gasteiger partial charge on any atom is -0.369 e. The lowest BCUT2D eigenvalue weighted by Gasteiger charge is -2.06. The van der Waals surface area contributed by atoms with Crippen LogP contribution in [0.25, 0.3) is 0 Å². The molecule has 0 saturated heterocycles. The van der Waals surface area contributed by atoms with Crippen LogP contribution in [0.4, 0.5) is 5.69 Å². The second-order valence-electron chi connectivity index (χ2n) is 5.45. The van der Waals surface area contributed by atoms with E-state index in [4.69, 9.17) is 5.73 Å². The number of rotatable bonds is 4. The van der Waals surface area contributed by atoms with Crippen LogP contribution in [-0.2, 0) is 11.2 Å². The number of nitrogens with two attached hydrogens (primary N) is 1. The zero-order valence-electron chi connectivity index (χ0n) is 12.9. The number of guanidine groups is 1. The standard InChI is InChI=1S/C18H21N3O/c1-13(2)15-8-10-16(11-9-15)20-18(19)21-17(22)12-14-6-4-3-5-7-14/h3-11,13H,12H2,1-2H3,(H3,19,20,21,22). The van der Waals surface area contributed by atoms with Gasteiger partial charge in [0.05, 0.1) is 12.1 Å². The third kappa shape index (κ3) is 4.74. The van der Waals surface area contributed by atoms with Crippen molar-refractivity contribution >= 4 is 17.6 Å². The molecule has 0 atom stereocenters. The normalized spacial score (nSPS) is 11.5. The summed E-state index contributed by atoms with van der Waals surface area (Å²) in [6, 6.07) is 17.3. The lowest BCUT2D eigenvalue weighted by molar-refractivity contribution is -0.119. The Morgan fingerprint density at radius 3 is 2.32 bits per heavy atom. The first kappa shape index (κ1) is 15.8. The first-order valence-electron chi connectivity index (χ1n) is 7.32. The second kappa shape index (κ2) is 7.41. The number of amides is 1. The van der Waals surface area contributed by atoms with Gasteiger partial charge < -0.3 is 5.73 Å². The third-order valence-electron chi connectivity index (χ3n) is 3.28. The number of hydrogen-bond acceptors (Lipinski definition) is 2. The van der Waals surface area contributed by atoms with E-state index in [2.05, 4.69) is 24.2 Å². The van der Waals surface area contributed by atoms with Gasteiger partial charge in [-0.25, -0.2) is 4.99 Å². The van der Waals surface area contributed by atoms with Gasteiger partial charge in [0.25, 0.3) is 0 Å². The van der Waals surface area contributed by atoms with E-state index < -0.39 is 0 Å². The molecule has 0 spiro atoms. The molecule has 0 aliphatic carbocycles. The van der Waals surface area contributed by atoms with Crippen molar-refractivity contribution in [3.05, 3.63) is 65.7 Å². The highest BCUT2D eigenvalue weighted by Gasteiger charge is 2.05. The molecule has 0 aliphatic heterocycles. The van der Waals surface area contributed by atoms with E-state index in [1.807, 2.05) is 54.6 Å². The van der Waals surface area contributed by atoms with Gasteiger partial charge in [0.1, 0.15) is 0 Å². The average Bonchev–Trinajstić information content (AvgIpc) is 2.48. The monoisotopic (exact) mass is 295 g/mol. The van der Waals surface area contributed by atoms with Crippen LogP contribution in [0.3, 0.4) is 0 Å². The van der Waals surface area contributed by atoms with Crippen molar-refractivity contribution < 1.29 is 4.79 Å². The number of nitrogens with zero attached hydrogens (tertiary/aromatic N) is 1. The first-order chi connectivity index (χ1) is 10.5. The molecule has 22 heavy (non-hydrogen) atoms. The predicted molar refractivity (Wildman–Crippen MR) is 90.1 cm³/mol. The fourth-order valence-electron chi connectivity index (χ4n) is 2.07. The number of aliphatic imine (C=N–C) groups is 1. The van der Waals surface area contributed by atoms with Crippen molar-refractivity contribution in [3.8, 4) is 0 Å². The van der Waals surface area contributed by atoms with E-state index in [0.717, 1.165) is 11.3 Å². The van der Waals surface area contributed by atoms with Crippen LogP contribution in [0, 0.1) is 0 Å². The Kier molecular flexibility index (Phi) is 5.31. The van der Waals surface area contributed by atoms with E-state index in [1.54, 1.807) is 0 Å². The van der Waals surface area contributed by atoms with Crippen LogP contribution in [0.5, 0.6) is 0 Å². The molecular weight excluding hydrogens is 274 g/mol. The highest BCUT2D eigenvalue weighted by Crippen LogP contribution is 2.18. The summed E-state index contributed by atoms with van der Waals surface area (Å²) >= 11 is 0. The highest BCUT2D eigenvalue weighted by molar-refractivity contribution is 5.97. The smallest absolute Gasteiger partial charge is 0.231 e. The number of benzene rings is 2. The fourth-order valence-corrected chi connectivity index (χ4v) is 2.07. The Hall–Kier alpha value is -2.62. The van der Waals surface area contributed by atoms with Gasteiger partial charge in [0, 0.05) is 0 Å². The first-order valence-corrected chi connectivity index (χ1v) is 7.32. The lowest BCUT2D eigenvalue weighted by atomic mass is 10.0. The summed E-state index contributed by atoms with van der Waals surface area (Å²) in [4.78, 5) is 16.1. The third-order valence-corrected chi connectivity index (χ3v) is 3.28. The quantitative estimate of drug-likeness (QED) is 0.672. The summed E-state index contributed by atoms with van der Waals surface area (Å²) in [6.45, 7) is 4.27. The van der Waals surface area contributed by atoms with Crippen LogP contribution in [0.15, 0.2) is 59.6 Å². The van der Waals surface area contributed by atoms with E-state index >= 15 is 0 Å². The molecule has 0 radical (unpaired) electrons. The zero-order chi connectivity index (χ0) is 15.9. The molecule has 0 bridgehead atoms. The van der Waals surface area contributed by atoms with Crippen LogP contribution in [-0.4, -0.2) is 11.9 Å². The van der Waals surface area contributed by atoms with Crippen molar-refractivity contribution in [3.63, 3.8) is 0 Å². The number of hydrogen-bond donors (Lipinski definition) is 2. The van der Waals surface area contributed by atoms with Crippen LogP contribution >= 0.6 is 0 Å². The number of nitrogens with one attached hydrogen (secondary N) is 1. The molecule has 0 saturated carbocycles. The maximum Gasteiger partial charge on any atom is 0.231 e. The molecule has 114 valence electrons. The molecule has 1 amide bonds. The Morgan fingerprint density at radius 2 is 1.73 bits per heavy atom. The lowest BCUT2D eigenvalue weighted by Crippen LogP contribution is -2.37.